The van der Waals surface area contributed by atoms with Crippen molar-refractivity contribution in [3.63, 3.8) is 0 Å². The van der Waals surface area contributed by atoms with Crippen molar-refractivity contribution in [2.45, 2.75) is 22.3 Å². The van der Waals surface area contributed by atoms with E-state index in [0.29, 0.717) is 0 Å². The van der Waals surface area contributed by atoms with Gasteiger partial charge in [0.2, 0.25) is 0 Å². The number of hydrogen-bond donors (Lipinski definition) is 1. The van der Waals surface area contributed by atoms with E-state index in [0.717, 1.165) is 0 Å². The van der Waals surface area contributed by atoms with Crippen molar-refractivity contribution in [3.05, 3.63) is 0 Å². The minimum Gasteiger partial charge on any atom is -0.344 e. The zero-order valence-corrected chi connectivity index (χ0v) is 7.66. The summed E-state index contributed by atoms with van der Waals surface area (Å²) in [6, 6.07) is 0. The first kappa shape index (κ1) is 155. The molecule has 0 aromatic carbocycles. The van der Waals surface area contributed by atoms with Crippen LogP contribution in [0.15, 0.2) is 0 Å². The van der Waals surface area contributed by atoms with E-state index in [-0.39, 0.29) is 68.9 Å². The molecule has 0 amide bonds. The molecule has 0 aliphatic rings. The molecule has 1 nitrogen and oxygen atoms in total. The van der Waals surface area contributed by atoms with Crippen LogP contribution in [0.1, 0.15) is 22.3 Å². The predicted molar refractivity (Wildman–Crippen MR) is 71.1 cm³/mol. The van der Waals surface area contributed by atoms with Gasteiger partial charge in [-0.05, 0) is 0 Å². The Balaban J connectivity index is -0.000000000238. The Bertz CT molecular complexity index is 12.2. The minimum absolute atomic E-state index is 0. The molecule has 0 rings (SSSR count). The summed E-state index contributed by atoms with van der Waals surface area (Å²) in [4.78, 5) is 0. The van der Waals surface area contributed by atoms with E-state index >= 15 is 0 Å². The molecule has 0 bridgehead atoms. The zero-order valence-electron chi connectivity index (χ0n) is 3.02. The first-order valence-electron chi connectivity index (χ1n) is 0.167. The third-order valence-corrected chi connectivity index (χ3v) is 0. The van der Waals surface area contributed by atoms with Gasteiger partial charge in [-0.1, -0.05) is 22.3 Å². The van der Waals surface area contributed by atoms with Crippen molar-refractivity contribution in [1.29, 1.82) is 0 Å². The maximum Gasteiger partial charge on any atom is 0 e. The standard InChI is InChI=1S/3CH4.H3N.S2.3H2S/c;;;;1-2;;;/h3*1H4;1H3;;3*1H2. The normalized spacial score (nSPS) is 0.444. The van der Waals surface area contributed by atoms with Gasteiger partial charge in [-0.3, -0.25) is 0 Å². The van der Waals surface area contributed by atoms with Gasteiger partial charge in [-0.25, -0.2) is 0 Å². The molecule has 0 saturated carbocycles. The van der Waals surface area contributed by atoms with Crippen LogP contribution in [0, 0.1) is 0 Å². The molecule has 0 aromatic rings. The summed E-state index contributed by atoms with van der Waals surface area (Å²) in [6.07, 6.45) is 0. The number of rotatable bonds is 0. The van der Waals surface area contributed by atoms with Gasteiger partial charge in [0.05, 0.1) is 0 Å². The molecular formula is C3H21NS5. The van der Waals surface area contributed by atoms with Crippen molar-refractivity contribution in [2.24, 2.45) is 0 Å². The van der Waals surface area contributed by atoms with Crippen LogP contribution in [0.4, 0.5) is 0 Å². The molecule has 0 unspecified atom stereocenters. The van der Waals surface area contributed by atoms with Crippen LogP contribution in [-0.4, -0.2) is 0 Å². The fraction of sp³-hybridized carbons (Fsp3) is 1.00. The van der Waals surface area contributed by atoms with Crippen molar-refractivity contribution < 1.29 is 0 Å². The van der Waals surface area contributed by atoms with Gasteiger partial charge in [0, 0.05) is 22.4 Å². The lowest BCUT2D eigenvalue weighted by atomic mass is 12.0. The van der Waals surface area contributed by atoms with Crippen LogP contribution >= 0.6 is 40.5 Å². The van der Waals surface area contributed by atoms with Crippen LogP contribution in [-0.2, 0) is 22.4 Å². The van der Waals surface area contributed by atoms with Gasteiger partial charge in [0.25, 0.3) is 0 Å². The zero-order chi connectivity index (χ0) is 2.00. The Kier molecular flexibility index (Phi) is 5540. The van der Waals surface area contributed by atoms with Gasteiger partial charge >= 0.3 is 0 Å². The second kappa shape index (κ2) is 321. The Morgan fingerprint density at radius 1 is 0.556 bits per heavy atom. The van der Waals surface area contributed by atoms with Crippen molar-refractivity contribution in [3.8, 4) is 0 Å². The lowest BCUT2D eigenvalue weighted by Crippen LogP contribution is -0.710. The molecule has 0 fully saturated rings. The lowest BCUT2D eigenvalue weighted by molar-refractivity contribution is 2.13. The Labute approximate surface area is 91.0 Å². The second-order valence-corrected chi connectivity index (χ2v) is 0. The van der Waals surface area contributed by atoms with E-state index in [9.17, 15) is 0 Å². The van der Waals surface area contributed by atoms with Gasteiger partial charge in [0.1, 0.15) is 0 Å². The summed E-state index contributed by atoms with van der Waals surface area (Å²) in [7, 11) is 0. The van der Waals surface area contributed by atoms with Gasteiger partial charge in [-0.2, -0.15) is 40.5 Å². The average molecular weight is 232 g/mol. The second-order valence-electron chi connectivity index (χ2n) is 0. The highest BCUT2D eigenvalue weighted by Gasteiger charge is 0.707. The third-order valence-electron chi connectivity index (χ3n) is 0. The smallest absolute Gasteiger partial charge is 0 e. The molecule has 0 aliphatic heterocycles. The van der Waals surface area contributed by atoms with E-state index < -0.39 is 0 Å². The van der Waals surface area contributed by atoms with Crippen LogP contribution in [0.3, 0.4) is 0 Å². The third kappa shape index (κ3) is 249. The predicted octanol–water partition coefficient (Wildman–Crippen LogP) is 2.40. The highest BCUT2D eigenvalue weighted by atomic mass is 32.8. The summed E-state index contributed by atoms with van der Waals surface area (Å²) >= 11 is 7.33. The van der Waals surface area contributed by atoms with Gasteiger partial charge in [-0.15, -0.1) is 0 Å². The van der Waals surface area contributed by atoms with E-state index in [2.05, 4.69) is 22.4 Å². The molecule has 3 N–H and O–H groups in total. The Hall–Kier alpha value is 1.45. The van der Waals surface area contributed by atoms with Crippen LogP contribution in [0.25, 0.3) is 0 Å². The largest absolute Gasteiger partial charge is 0.344 e. The van der Waals surface area contributed by atoms with Crippen molar-refractivity contribution in [2.75, 3.05) is 0 Å². The fourth-order valence-corrected chi connectivity index (χ4v) is 0. The Morgan fingerprint density at radius 2 is 0.556 bits per heavy atom. The SMILES string of the molecule is C.C.C.N.S.S.S.S=S. The molecule has 0 radical (unpaired) electrons. The van der Waals surface area contributed by atoms with Crippen molar-refractivity contribution >= 4 is 62.9 Å². The fourth-order valence-electron chi connectivity index (χ4n) is 0. The van der Waals surface area contributed by atoms with Crippen LogP contribution < -0.4 is 6.15 Å². The maximum absolute atomic E-state index is 3.67. The molecule has 0 saturated heterocycles. The molecular weight excluding hydrogens is 210 g/mol. The topological polar surface area (TPSA) is 35.0 Å². The van der Waals surface area contributed by atoms with Gasteiger partial charge in [0.15, 0.2) is 0 Å². The maximum atomic E-state index is 3.67. The minimum atomic E-state index is 0. The molecule has 68 valence electrons. The molecule has 9 heavy (non-hydrogen) atoms. The molecule has 6 heteroatoms. The highest BCUT2D eigenvalue weighted by Crippen LogP contribution is 0.705. The quantitative estimate of drug-likeness (QED) is 0.695. The first-order chi connectivity index (χ1) is 1.00. The molecule has 0 atom stereocenters. The van der Waals surface area contributed by atoms with Crippen LogP contribution in [0.5, 0.6) is 0 Å². The van der Waals surface area contributed by atoms with E-state index in [4.69, 9.17) is 0 Å². The first-order valence-corrected chi connectivity index (χ1v) is 1.50. The van der Waals surface area contributed by atoms with E-state index in [1.54, 1.807) is 0 Å². The average Bonchev–Trinajstić information content (AvgIpc) is 1.00. The summed E-state index contributed by atoms with van der Waals surface area (Å²) in [5, 5.41) is 0. The summed E-state index contributed by atoms with van der Waals surface area (Å²) in [5.74, 6) is 0. The summed E-state index contributed by atoms with van der Waals surface area (Å²) in [5.41, 5.74) is 0. The molecule has 0 aliphatic carbocycles. The molecule has 0 spiro atoms. The number of hydrogen-bond acceptors (Lipinski definition) is 3. The monoisotopic (exact) mass is 231 g/mol. The van der Waals surface area contributed by atoms with E-state index in [1.165, 1.54) is 0 Å². The van der Waals surface area contributed by atoms with Crippen LogP contribution in [0.2, 0.25) is 0 Å². The summed E-state index contributed by atoms with van der Waals surface area (Å²) < 4.78 is 0. The Morgan fingerprint density at radius 3 is 0.556 bits per heavy atom. The van der Waals surface area contributed by atoms with E-state index in [1.807, 2.05) is 0 Å². The lowest BCUT2D eigenvalue weighted by Gasteiger charge is -0.707. The van der Waals surface area contributed by atoms with Gasteiger partial charge < -0.3 is 6.15 Å². The summed E-state index contributed by atoms with van der Waals surface area (Å²) in [6.45, 7) is 0. The molecule has 0 aromatic heterocycles. The van der Waals surface area contributed by atoms with Crippen molar-refractivity contribution in [1.82, 2.24) is 6.15 Å². The molecule has 0 heterocycles. The highest BCUT2D eigenvalue weighted by molar-refractivity contribution is 8.07.